The number of fused-ring (bicyclic) bond motifs is 1. The first-order chi connectivity index (χ1) is 11.3. The van der Waals surface area contributed by atoms with Crippen molar-refractivity contribution in [3.63, 3.8) is 0 Å². The molecular formula is C15H16N4O3S2. The van der Waals surface area contributed by atoms with Crippen LogP contribution in [0.15, 0.2) is 51.6 Å². The fourth-order valence-electron chi connectivity index (χ4n) is 2.30. The van der Waals surface area contributed by atoms with Crippen LogP contribution in [0.3, 0.4) is 0 Å². The third kappa shape index (κ3) is 3.54. The molecule has 0 radical (unpaired) electrons. The van der Waals surface area contributed by atoms with Crippen LogP contribution in [0.1, 0.15) is 24.2 Å². The number of primary sulfonamides is 1. The lowest BCUT2D eigenvalue weighted by Crippen LogP contribution is -2.21. The first-order valence-corrected chi connectivity index (χ1v) is 9.59. The van der Waals surface area contributed by atoms with E-state index in [1.54, 1.807) is 18.3 Å². The van der Waals surface area contributed by atoms with Gasteiger partial charge in [-0.15, -0.1) is 11.3 Å². The van der Waals surface area contributed by atoms with E-state index in [9.17, 15) is 13.2 Å². The van der Waals surface area contributed by atoms with Crippen molar-refractivity contribution in [2.45, 2.75) is 24.4 Å². The molecule has 0 aliphatic rings. The highest BCUT2D eigenvalue weighted by molar-refractivity contribution is 7.89. The number of thiazole rings is 1. The molecule has 0 saturated heterocycles. The molecular weight excluding hydrogens is 348 g/mol. The molecule has 3 rings (SSSR count). The van der Waals surface area contributed by atoms with Crippen molar-refractivity contribution >= 4 is 26.3 Å². The number of sulfonamides is 1. The van der Waals surface area contributed by atoms with Crippen molar-refractivity contribution < 1.29 is 8.42 Å². The van der Waals surface area contributed by atoms with E-state index < -0.39 is 10.0 Å². The Morgan fingerprint density at radius 3 is 2.71 bits per heavy atom. The molecule has 0 aliphatic heterocycles. The van der Waals surface area contributed by atoms with Gasteiger partial charge < -0.3 is 5.32 Å². The molecule has 0 unspecified atom stereocenters. The first-order valence-electron chi connectivity index (χ1n) is 7.16. The average molecular weight is 364 g/mol. The molecule has 3 aromatic rings. The summed E-state index contributed by atoms with van der Waals surface area (Å²) in [4.78, 5) is 17.1. The molecule has 126 valence electrons. The van der Waals surface area contributed by atoms with Crippen LogP contribution >= 0.6 is 11.3 Å². The van der Waals surface area contributed by atoms with Crippen molar-refractivity contribution in [2.24, 2.45) is 5.14 Å². The standard InChI is InChI=1S/C15H16N4O3S2/c1-10(11-2-4-13(5-3-11)24(16,21)22)17-9-12-8-14(20)19-6-7-23-15(19)18-12/h2-8,10,17H,9H2,1H3,(H2,16,21,22)/t10-/m1/s1. The number of hydrogen-bond donors (Lipinski definition) is 2. The van der Waals surface area contributed by atoms with Crippen LogP contribution in [0.25, 0.3) is 4.96 Å². The van der Waals surface area contributed by atoms with Crippen LogP contribution in [0.4, 0.5) is 0 Å². The highest BCUT2D eigenvalue weighted by Gasteiger charge is 2.10. The van der Waals surface area contributed by atoms with Gasteiger partial charge in [-0.2, -0.15) is 0 Å². The molecule has 1 atom stereocenters. The Morgan fingerprint density at radius 2 is 2.04 bits per heavy atom. The molecule has 0 spiro atoms. The van der Waals surface area contributed by atoms with Gasteiger partial charge in [-0.3, -0.25) is 9.20 Å². The summed E-state index contributed by atoms with van der Waals surface area (Å²) in [6.45, 7) is 2.38. The van der Waals surface area contributed by atoms with Crippen LogP contribution in [0.5, 0.6) is 0 Å². The van der Waals surface area contributed by atoms with Gasteiger partial charge in [0.2, 0.25) is 10.0 Å². The summed E-state index contributed by atoms with van der Waals surface area (Å²) in [6, 6.07) is 7.84. The molecule has 2 aromatic heterocycles. The normalized spacial score (nSPS) is 13.2. The number of benzene rings is 1. The molecule has 9 heteroatoms. The Hall–Kier alpha value is -2.07. The van der Waals surface area contributed by atoms with E-state index in [2.05, 4.69) is 10.3 Å². The minimum absolute atomic E-state index is 0.0388. The number of rotatable bonds is 5. The van der Waals surface area contributed by atoms with Gasteiger partial charge in [0, 0.05) is 30.2 Å². The minimum atomic E-state index is -3.69. The quantitative estimate of drug-likeness (QED) is 0.709. The van der Waals surface area contributed by atoms with Crippen LogP contribution in [0, 0.1) is 0 Å². The summed E-state index contributed by atoms with van der Waals surface area (Å²) >= 11 is 1.41. The summed E-state index contributed by atoms with van der Waals surface area (Å²) in [5.41, 5.74) is 1.47. The monoisotopic (exact) mass is 364 g/mol. The van der Waals surface area contributed by atoms with Crippen molar-refractivity contribution in [1.29, 1.82) is 0 Å². The van der Waals surface area contributed by atoms with Gasteiger partial charge in [-0.05, 0) is 24.6 Å². The van der Waals surface area contributed by atoms with Crippen LogP contribution in [-0.2, 0) is 16.6 Å². The maximum atomic E-state index is 11.9. The molecule has 0 amide bonds. The van der Waals surface area contributed by atoms with Crippen molar-refractivity contribution in [3.8, 4) is 0 Å². The second kappa shape index (κ2) is 6.44. The highest BCUT2D eigenvalue weighted by Crippen LogP contribution is 2.16. The fourth-order valence-corrected chi connectivity index (χ4v) is 3.55. The summed E-state index contributed by atoms with van der Waals surface area (Å²) in [7, 11) is -3.69. The van der Waals surface area contributed by atoms with E-state index >= 15 is 0 Å². The Bertz CT molecular complexity index is 1020. The van der Waals surface area contributed by atoms with Crippen molar-refractivity contribution in [1.82, 2.24) is 14.7 Å². The van der Waals surface area contributed by atoms with Gasteiger partial charge in [-0.1, -0.05) is 12.1 Å². The number of nitrogens with zero attached hydrogens (tertiary/aromatic N) is 2. The van der Waals surface area contributed by atoms with Crippen LogP contribution < -0.4 is 16.0 Å². The van der Waals surface area contributed by atoms with Crippen LogP contribution in [-0.4, -0.2) is 17.8 Å². The fraction of sp³-hybridized carbons (Fsp3) is 0.200. The molecule has 0 saturated carbocycles. The largest absolute Gasteiger partial charge is 0.305 e. The smallest absolute Gasteiger partial charge is 0.258 e. The minimum Gasteiger partial charge on any atom is -0.305 e. The molecule has 7 nitrogen and oxygen atoms in total. The van der Waals surface area contributed by atoms with Crippen molar-refractivity contribution in [3.05, 3.63) is 63.5 Å². The van der Waals surface area contributed by atoms with Gasteiger partial charge in [0.25, 0.3) is 5.56 Å². The Balaban J connectivity index is 1.72. The molecule has 0 fully saturated rings. The third-order valence-corrected chi connectivity index (χ3v) is 5.34. The SMILES string of the molecule is C[C@@H](NCc1cc(=O)n2ccsc2n1)c1ccc(S(N)(=O)=O)cc1. The predicted molar refractivity (Wildman–Crippen MR) is 92.4 cm³/mol. The Morgan fingerprint density at radius 1 is 1.33 bits per heavy atom. The van der Waals surface area contributed by atoms with E-state index in [0.29, 0.717) is 17.2 Å². The molecule has 24 heavy (non-hydrogen) atoms. The van der Waals surface area contributed by atoms with Gasteiger partial charge in [0.1, 0.15) is 0 Å². The Labute approximate surface area is 142 Å². The second-order valence-electron chi connectivity index (χ2n) is 5.36. The summed E-state index contributed by atoms with van der Waals surface area (Å²) < 4.78 is 24.0. The molecule has 0 aliphatic carbocycles. The number of hydrogen-bond acceptors (Lipinski definition) is 6. The second-order valence-corrected chi connectivity index (χ2v) is 7.79. The van der Waals surface area contributed by atoms with Gasteiger partial charge in [0.05, 0.1) is 10.6 Å². The first kappa shape index (κ1) is 16.8. The summed E-state index contributed by atoms with van der Waals surface area (Å²) in [6.07, 6.45) is 1.70. The zero-order valence-corrected chi connectivity index (χ0v) is 14.5. The van der Waals surface area contributed by atoms with Gasteiger partial charge in [-0.25, -0.2) is 18.5 Å². The van der Waals surface area contributed by atoms with Crippen molar-refractivity contribution in [2.75, 3.05) is 0 Å². The maximum absolute atomic E-state index is 11.9. The number of aromatic nitrogens is 2. The van der Waals surface area contributed by atoms with Gasteiger partial charge in [0.15, 0.2) is 4.96 Å². The zero-order valence-electron chi connectivity index (χ0n) is 12.8. The van der Waals surface area contributed by atoms with E-state index in [1.165, 1.54) is 33.9 Å². The lowest BCUT2D eigenvalue weighted by molar-refractivity contribution is 0.567. The predicted octanol–water partition coefficient (Wildman–Crippen LogP) is 1.25. The lowest BCUT2D eigenvalue weighted by atomic mass is 10.1. The van der Waals surface area contributed by atoms with E-state index in [1.807, 2.05) is 12.3 Å². The molecule has 3 N–H and O–H groups in total. The molecule has 2 heterocycles. The summed E-state index contributed by atoms with van der Waals surface area (Å²) in [5.74, 6) is 0. The van der Waals surface area contributed by atoms with Gasteiger partial charge >= 0.3 is 0 Å². The highest BCUT2D eigenvalue weighted by atomic mass is 32.2. The number of nitrogens with one attached hydrogen (secondary N) is 1. The summed E-state index contributed by atoms with van der Waals surface area (Å²) in [5, 5.41) is 10.2. The number of nitrogens with two attached hydrogens (primary N) is 1. The van der Waals surface area contributed by atoms with Crippen LogP contribution in [0.2, 0.25) is 0 Å². The van der Waals surface area contributed by atoms with E-state index in [4.69, 9.17) is 5.14 Å². The zero-order chi connectivity index (χ0) is 17.3. The maximum Gasteiger partial charge on any atom is 0.258 e. The third-order valence-electron chi connectivity index (χ3n) is 3.65. The van der Waals surface area contributed by atoms with E-state index in [0.717, 1.165) is 5.56 Å². The topological polar surface area (TPSA) is 107 Å². The Kier molecular flexibility index (Phi) is 4.50. The molecule has 1 aromatic carbocycles. The average Bonchev–Trinajstić information content (AvgIpc) is 3.01. The van der Waals surface area contributed by atoms with E-state index in [-0.39, 0.29) is 16.5 Å². The lowest BCUT2D eigenvalue weighted by Gasteiger charge is -2.14. The molecule has 0 bridgehead atoms.